The molecule has 0 bridgehead atoms. The van der Waals surface area contributed by atoms with E-state index in [4.69, 9.17) is 4.74 Å². The van der Waals surface area contributed by atoms with Crippen LogP contribution in [0.2, 0.25) is 0 Å². The van der Waals surface area contributed by atoms with Crippen LogP contribution in [0.25, 0.3) is 0 Å². The van der Waals surface area contributed by atoms with Gasteiger partial charge < -0.3 is 20.3 Å². The molecular formula is C22H27FN4O2. The third kappa shape index (κ3) is 5.17. The van der Waals surface area contributed by atoms with Crippen LogP contribution in [0, 0.1) is 5.82 Å². The Bertz CT molecular complexity index is 797. The number of nitrogens with zero attached hydrogens (tertiary/aromatic N) is 2. The van der Waals surface area contributed by atoms with Crippen molar-refractivity contribution in [3.63, 3.8) is 0 Å². The number of hydrogen-bond donors (Lipinski definition) is 2. The van der Waals surface area contributed by atoms with Crippen LogP contribution in [0.1, 0.15) is 5.56 Å². The first-order valence-electron chi connectivity index (χ1n) is 10.2. The van der Waals surface area contributed by atoms with Gasteiger partial charge in [0.2, 0.25) is 0 Å². The molecule has 0 aliphatic carbocycles. The van der Waals surface area contributed by atoms with E-state index in [1.807, 2.05) is 30.3 Å². The molecule has 2 heterocycles. The van der Waals surface area contributed by atoms with Crippen molar-refractivity contribution in [2.45, 2.75) is 12.5 Å². The van der Waals surface area contributed by atoms with Gasteiger partial charge in [-0.2, -0.15) is 0 Å². The van der Waals surface area contributed by atoms with Crippen molar-refractivity contribution in [2.24, 2.45) is 0 Å². The first-order chi connectivity index (χ1) is 14.2. The molecule has 0 spiro atoms. The number of piperazine rings is 1. The predicted molar refractivity (Wildman–Crippen MR) is 111 cm³/mol. The van der Waals surface area contributed by atoms with Crippen LogP contribution in [-0.4, -0.2) is 62.8 Å². The predicted octanol–water partition coefficient (Wildman–Crippen LogP) is 2.25. The number of hydrogen-bond acceptors (Lipinski definition) is 4. The summed E-state index contributed by atoms with van der Waals surface area (Å²) in [5, 5.41) is 5.82. The van der Waals surface area contributed by atoms with E-state index >= 15 is 0 Å². The lowest BCUT2D eigenvalue weighted by atomic mass is 10.1. The Balaban J connectivity index is 1.10. The summed E-state index contributed by atoms with van der Waals surface area (Å²) in [5.41, 5.74) is 2.25. The van der Waals surface area contributed by atoms with Crippen molar-refractivity contribution >= 4 is 11.7 Å². The van der Waals surface area contributed by atoms with Crippen LogP contribution < -0.4 is 20.3 Å². The molecule has 1 fully saturated rings. The Hall–Kier alpha value is -2.80. The van der Waals surface area contributed by atoms with Gasteiger partial charge in [0.25, 0.3) is 0 Å². The fourth-order valence-corrected chi connectivity index (χ4v) is 3.85. The SMILES string of the molecule is O=C(NCCN1CCN(c2ccc(F)cc2)CC1)NCC1Cc2ccccc2O1. The zero-order valence-corrected chi connectivity index (χ0v) is 16.4. The zero-order valence-electron chi connectivity index (χ0n) is 16.4. The number of carbonyl (C=O) groups is 1. The highest BCUT2D eigenvalue weighted by Crippen LogP contribution is 2.27. The Labute approximate surface area is 170 Å². The molecule has 2 aliphatic rings. The van der Waals surface area contributed by atoms with Gasteiger partial charge in [0, 0.05) is 51.4 Å². The minimum Gasteiger partial charge on any atom is -0.488 e. The minimum atomic E-state index is -0.208. The summed E-state index contributed by atoms with van der Waals surface area (Å²) < 4.78 is 18.9. The van der Waals surface area contributed by atoms with E-state index in [2.05, 4.69) is 26.5 Å². The maximum Gasteiger partial charge on any atom is 0.314 e. The number of ether oxygens (including phenoxy) is 1. The molecule has 0 aromatic heterocycles. The molecule has 2 aromatic rings. The van der Waals surface area contributed by atoms with Crippen molar-refractivity contribution in [3.8, 4) is 5.75 Å². The van der Waals surface area contributed by atoms with E-state index in [1.165, 1.54) is 17.7 Å². The second-order valence-electron chi connectivity index (χ2n) is 7.49. The topological polar surface area (TPSA) is 56.8 Å². The molecule has 2 aromatic carbocycles. The molecule has 154 valence electrons. The van der Waals surface area contributed by atoms with Gasteiger partial charge >= 0.3 is 6.03 Å². The summed E-state index contributed by atoms with van der Waals surface area (Å²) in [6, 6.07) is 14.5. The number of nitrogens with one attached hydrogen (secondary N) is 2. The van der Waals surface area contributed by atoms with E-state index < -0.39 is 0 Å². The lowest BCUT2D eigenvalue weighted by molar-refractivity contribution is 0.211. The first kappa shape index (κ1) is 19.5. The van der Waals surface area contributed by atoms with Crippen LogP contribution in [-0.2, 0) is 6.42 Å². The summed E-state index contributed by atoms with van der Waals surface area (Å²) in [7, 11) is 0. The van der Waals surface area contributed by atoms with Crippen molar-refractivity contribution in [3.05, 3.63) is 59.9 Å². The lowest BCUT2D eigenvalue weighted by Gasteiger charge is -2.36. The number of para-hydroxylation sites is 1. The molecule has 1 unspecified atom stereocenters. The summed E-state index contributed by atoms with van der Waals surface area (Å²) in [6.45, 7) is 5.57. The fourth-order valence-electron chi connectivity index (χ4n) is 3.85. The van der Waals surface area contributed by atoms with Crippen molar-refractivity contribution in [1.29, 1.82) is 0 Å². The molecule has 4 rings (SSSR count). The van der Waals surface area contributed by atoms with E-state index in [0.717, 1.165) is 50.6 Å². The second kappa shape index (κ2) is 9.13. The van der Waals surface area contributed by atoms with Gasteiger partial charge in [0.15, 0.2) is 0 Å². The minimum absolute atomic E-state index is 0.00214. The average molecular weight is 398 g/mol. The van der Waals surface area contributed by atoms with Gasteiger partial charge in [-0.15, -0.1) is 0 Å². The molecule has 1 atom stereocenters. The zero-order chi connectivity index (χ0) is 20.1. The highest BCUT2D eigenvalue weighted by Gasteiger charge is 2.22. The number of rotatable bonds is 6. The maximum atomic E-state index is 13.1. The standard InChI is InChI=1S/C22H27FN4O2/c23-18-5-7-19(8-6-18)27-13-11-26(12-14-27)10-9-24-22(28)25-16-20-15-17-3-1-2-4-21(17)29-20/h1-8,20H,9-16H2,(H2,24,25,28). The molecule has 2 N–H and O–H groups in total. The summed E-state index contributed by atoms with van der Waals surface area (Å²) in [6.07, 6.45) is 0.826. The molecule has 2 amide bonds. The molecule has 7 heteroatoms. The second-order valence-corrected chi connectivity index (χ2v) is 7.49. The third-order valence-electron chi connectivity index (χ3n) is 5.48. The maximum absolute atomic E-state index is 13.1. The van der Waals surface area contributed by atoms with Gasteiger partial charge in [0.1, 0.15) is 17.7 Å². The van der Waals surface area contributed by atoms with Crippen molar-refractivity contribution in [1.82, 2.24) is 15.5 Å². The highest BCUT2D eigenvalue weighted by molar-refractivity contribution is 5.73. The molecule has 0 saturated carbocycles. The van der Waals surface area contributed by atoms with Crippen LogP contribution in [0.4, 0.5) is 14.9 Å². The molecule has 6 nitrogen and oxygen atoms in total. The van der Waals surface area contributed by atoms with Crippen LogP contribution in [0.15, 0.2) is 48.5 Å². The Morgan fingerprint density at radius 3 is 2.55 bits per heavy atom. The summed E-state index contributed by atoms with van der Waals surface area (Å²) in [4.78, 5) is 16.6. The molecule has 29 heavy (non-hydrogen) atoms. The fraction of sp³-hybridized carbons (Fsp3) is 0.409. The van der Waals surface area contributed by atoms with E-state index in [1.54, 1.807) is 0 Å². The van der Waals surface area contributed by atoms with Gasteiger partial charge in [-0.05, 0) is 35.9 Å². The number of amides is 2. The largest absolute Gasteiger partial charge is 0.488 e. The number of fused-ring (bicyclic) bond motifs is 1. The number of urea groups is 1. The van der Waals surface area contributed by atoms with E-state index in [0.29, 0.717) is 13.1 Å². The smallest absolute Gasteiger partial charge is 0.314 e. The van der Waals surface area contributed by atoms with Crippen LogP contribution in [0.5, 0.6) is 5.75 Å². The van der Waals surface area contributed by atoms with Crippen LogP contribution >= 0.6 is 0 Å². The summed E-state index contributed by atoms with van der Waals surface area (Å²) in [5.74, 6) is 0.709. The normalized spacial score (nSPS) is 18.8. The number of carbonyl (C=O) groups excluding carboxylic acids is 1. The van der Waals surface area contributed by atoms with Crippen molar-refractivity contribution in [2.75, 3.05) is 50.7 Å². The van der Waals surface area contributed by atoms with Gasteiger partial charge in [-0.25, -0.2) is 9.18 Å². The Morgan fingerprint density at radius 1 is 1.03 bits per heavy atom. The third-order valence-corrected chi connectivity index (χ3v) is 5.48. The average Bonchev–Trinajstić information content (AvgIpc) is 3.16. The number of halogens is 1. The van der Waals surface area contributed by atoms with E-state index in [-0.39, 0.29) is 18.0 Å². The quantitative estimate of drug-likeness (QED) is 0.784. The Kier molecular flexibility index (Phi) is 6.14. The van der Waals surface area contributed by atoms with E-state index in [9.17, 15) is 9.18 Å². The highest BCUT2D eigenvalue weighted by atomic mass is 19.1. The summed E-state index contributed by atoms with van der Waals surface area (Å²) >= 11 is 0. The Morgan fingerprint density at radius 2 is 1.79 bits per heavy atom. The number of benzene rings is 2. The number of anilines is 1. The molecular weight excluding hydrogens is 371 g/mol. The molecule has 0 radical (unpaired) electrons. The van der Waals surface area contributed by atoms with Gasteiger partial charge in [-0.3, -0.25) is 4.90 Å². The molecule has 2 aliphatic heterocycles. The van der Waals surface area contributed by atoms with Crippen molar-refractivity contribution < 1.29 is 13.9 Å². The lowest BCUT2D eigenvalue weighted by Crippen LogP contribution is -2.49. The monoisotopic (exact) mass is 398 g/mol. The van der Waals surface area contributed by atoms with Gasteiger partial charge in [-0.1, -0.05) is 18.2 Å². The molecule has 1 saturated heterocycles. The van der Waals surface area contributed by atoms with Gasteiger partial charge in [0.05, 0.1) is 6.54 Å². The van der Waals surface area contributed by atoms with Crippen LogP contribution in [0.3, 0.4) is 0 Å². The first-order valence-corrected chi connectivity index (χ1v) is 10.2.